The Bertz CT molecular complexity index is 1320. The zero-order chi connectivity index (χ0) is 22.1. The average Bonchev–Trinajstić information content (AvgIpc) is 3.27. The first-order valence-corrected chi connectivity index (χ1v) is 8.94. The number of ether oxygens (including phenoxy) is 1. The average molecular weight is 436 g/mol. The molecule has 0 amide bonds. The van der Waals surface area contributed by atoms with Crippen LogP contribution in [0.4, 0.5) is 13.2 Å². The highest BCUT2D eigenvalue weighted by molar-refractivity contribution is 5.68. The number of halogens is 3. The number of hydrogen-bond acceptors (Lipinski definition) is 7. The number of aryl methyl sites for hydroxylation is 1. The third-order valence-electron chi connectivity index (χ3n) is 4.45. The van der Waals surface area contributed by atoms with Gasteiger partial charge in [0.05, 0.1) is 12.9 Å². The van der Waals surface area contributed by atoms with E-state index < -0.39 is 30.6 Å². The maximum absolute atomic E-state index is 14.6. The van der Waals surface area contributed by atoms with Crippen molar-refractivity contribution in [3.05, 3.63) is 69.3 Å². The van der Waals surface area contributed by atoms with E-state index in [2.05, 4.69) is 19.8 Å². The maximum atomic E-state index is 14.6. The zero-order valence-electron chi connectivity index (χ0n) is 16.0. The van der Waals surface area contributed by atoms with Crippen molar-refractivity contribution in [3.63, 3.8) is 0 Å². The second-order valence-electron chi connectivity index (χ2n) is 6.56. The highest BCUT2D eigenvalue weighted by atomic mass is 19.3. The van der Waals surface area contributed by atoms with Crippen LogP contribution < -0.4 is 16.1 Å². The lowest BCUT2D eigenvalue weighted by Crippen LogP contribution is -2.23. The van der Waals surface area contributed by atoms with E-state index in [-0.39, 0.29) is 34.9 Å². The van der Waals surface area contributed by atoms with Gasteiger partial charge in [0.1, 0.15) is 24.8 Å². The summed E-state index contributed by atoms with van der Waals surface area (Å²) < 4.78 is 51.7. The fourth-order valence-corrected chi connectivity index (χ4v) is 2.97. The molecule has 10 nitrogen and oxygen atoms in total. The fourth-order valence-electron chi connectivity index (χ4n) is 2.97. The molecule has 3 heterocycles. The minimum atomic E-state index is -2.99. The molecule has 0 saturated heterocycles. The van der Waals surface area contributed by atoms with Crippen LogP contribution in [-0.4, -0.2) is 35.5 Å². The van der Waals surface area contributed by atoms with Gasteiger partial charge in [-0.2, -0.15) is 13.5 Å². The van der Waals surface area contributed by atoms with E-state index in [0.29, 0.717) is 0 Å². The van der Waals surface area contributed by atoms with Crippen LogP contribution in [0.5, 0.6) is 5.75 Å². The predicted molar refractivity (Wildman–Crippen MR) is 99.6 cm³/mol. The summed E-state index contributed by atoms with van der Waals surface area (Å²) in [6, 6.07) is 4.92. The second-order valence-corrected chi connectivity index (χ2v) is 6.56. The Balaban J connectivity index is 1.50. The molecule has 13 heteroatoms. The standard InChI is InChI=1S/C18H15F3N6O4/c1-25-8-22-15-14(25)16(28)26(9-23-15)7-13-24-27(18(29)31-13)6-12(19)10-2-4-11(5-3-10)30-17(20)21/h2-5,8-9,12,17H,6-7H2,1H3. The van der Waals surface area contributed by atoms with Gasteiger partial charge in [-0.25, -0.2) is 19.2 Å². The molecule has 1 unspecified atom stereocenters. The number of benzene rings is 1. The summed E-state index contributed by atoms with van der Waals surface area (Å²) in [7, 11) is 1.64. The molecule has 31 heavy (non-hydrogen) atoms. The molecule has 4 aromatic rings. The molecular weight excluding hydrogens is 421 g/mol. The van der Waals surface area contributed by atoms with Crippen molar-refractivity contribution in [3.8, 4) is 5.75 Å². The first kappa shape index (κ1) is 20.4. The van der Waals surface area contributed by atoms with Crippen LogP contribution in [-0.2, 0) is 20.1 Å². The molecule has 0 aliphatic rings. The van der Waals surface area contributed by atoms with Crippen LogP contribution in [0, 0.1) is 0 Å². The molecule has 162 valence electrons. The third kappa shape index (κ3) is 4.20. The normalized spacial score (nSPS) is 12.5. The Hall–Kier alpha value is -3.90. The summed E-state index contributed by atoms with van der Waals surface area (Å²) in [6.45, 7) is -3.64. The lowest BCUT2D eigenvalue weighted by Gasteiger charge is -2.09. The molecule has 1 aromatic carbocycles. The summed E-state index contributed by atoms with van der Waals surface area (Å²) in [5.74, 6) is -1.13. The van der Waals surface area contributed by atoms with E-state index >= 15 is 0 Å². The van der Waals surface area contributed by atoms with E-state index in [0.717, 1.165) is 4.68 Å². The van der Waals surface area contributed by atoms with Crippen molar-refractivity contribution in [2.45, 2.75) is 25.9 Å². The minimum absolute atomic E-state index is 0.108. The van der Waals surface area contributed by atoms with Gasteiger partial charge in [-0.1, -0.05) is 12.1 Å². The highest BCUT2D eigenvalue weighted by Crippen LogP contribution is 2.22. The van der Waals surface area contributed by atoms with E-state index in [1.807, 2.05) is 0 Å². The van der Waals surface area contributed by atoms with Gasteiger partial charge in [-0.3, -0.25) is 9.36 Å². The van der Waals surface area contributed by atoms with E-state index in [9.17, 15) is 22.8 Å². The van der Waals surface area contributed by atoms with Gasteiger partial charge in [-0.05, 0) is 17.7 Å². The fraction of sp³-hybridized carbons (Fsp3) is 0.278. The largest absolute Gasteiger partial charge is 0.437 e. The molecule has 0 fully saturated rings. The molecule has 4 rings (SSSR count). The van der Waals surface area contributed by atoms with E-state index in [1.54, 1.807) is 7.05 Å². The van der Waals surface area contributed by atoms with Crippen LogP contribution in [0.15, 0.2) is 50.9 Å². The third-order valence-corrected chi connectivity index (χ3v) is 4.45. The van der Waals surface area contributed by atoms with E-state index in [4.69, 9.17) is 4.42 Å². The molecule has 0 bridgehead atoms. The molecule has 0 radical (unpaired) electrons. The zero-order valence-corrected chi connectivity index (χ0v) is 16.0. The van der Waals surface area contributed by atoms with Crippen molar-refractivity contribution in [1.82, 2.24) is 28.9 Å². The second kappa shape index (κ2) is 8.08. The van der Waals surface area contributed by atoms with Crippen molar-refractivity contribution in [1.29, 1.82) is 0 Å². The monoisotopic (exact) mass is 436 g/mol. The number of alkyl halides is 3. The molecular formula is C18H15F3N6O4. The molecule has 0 N–H and O–H groups in total. The lowest BCUT2D eigenvalue weighted by molar-refractivity contribution is -0.0498. The number of hydrogen-bond donors (Lipinski definition) is 0. The van der Waals surface area contributed by atoms with Crippen molar-refractivity contribution in [2.24, 2.45) is 7.05 Å². The SMILES string of the molecule is Cn1cnc2ncn(Cc3nn(CC(F)c4ccc(OC(F)F)cc4)c(=O)o3)c(=O)c21. The van der Waals surface area contributed by atoms with Gasteiger partial charge in [0.15, 0.2) is 11.2 Å². The van der Waals surface area contributed by atoms with Crippen LogP contribution in [0.1, 0.15) is 17.6 Å². The first-order valence-electron chi connectivity index (χ1n) is 8.94. The van der Waals surface area contributed by atoms with Crippen molar-refractivity contribution >= 4 is 11.2 Å². The number of aromatic nitrogens is 6. The van der Waals surface area contributed by atoms with Crippen LogP contribution in [0.2, 0.25) is 0 Å². The highest BCUT2D eigenvalue weighted by Gasteiger charge is 2.17. The predicted octanol–water partition coefficient (Wildman–Crippen LogP) is 1.64. The Labute approximate surface area is 171 Å². The van der Waals surface area contributed by atoms with Gasteiger partial charge < -0.3 is 13.7 Å². The quantitative estimate of drug-likeness (QED) is 0.433. The van der Waals surface area contributed by atoms with Crippen molar-refractivity contribution < 1.29 is 22.3 Å². The topological polar surface area (TPSA) is 110 Å². The Morgan fingerprint density at radius 2 is 1.81 bits per heavy atom. The molecule has 1 atom stereocenters. The molecule has 0 aliphatic heterocycles. The molecule has 0 saturated carbocycles. The van der Waals surface area contributed by atoms with Crippen molar-refractivity contribution in [2.75, 3.05) is 0 Å². The molecule has 0 spiro atoms. The van der Waals surface area contributed by atoms with Crippen LogP contribution >= 0.6 is 0 Å². The smallest absolute Gasteiger partial charge is 0.435 e. The number of fused-ring (bicyclic) bond motifs is 1. The number of imidazole rings is 1. The van der Waals surface area contributed by atoms with Gasteiger partial charge >= 0.3 is 12.4 Å². The summed E-state index contributed by atoms with van der Waals surface area (Å²) in [4.78, 5) is 32.6. The van der Waals surface area contributed by atoms with Gasteiger partial charge in [0, 0.05) is 7.05 Å². The summed E-state index contributed by atoms with van der Waals surface area (Å²) >= 11 is 0. The lowest BCUT2D eigenvalue weighted by atomic mass is 10.1. The maximum Gasteiger partial charge on any atom is 0.437 e. The number of nitrogens with zero attached hydrogens (tertiary/aromatic N) is 6. The van der Waals surface area contributed by atoms with Crippen LogP contribution in [0.25, 0.3) is 11.2 Å². The molecule has 0 aliphatic carbocycles. The summed E-state index contributed by atoms with van der Waals surface area (Å²) in [5, 5.41) is 3.92. The minimum Gasteiger partial charge on any atom is -0.435 e. The molecule has 3 aromatic heterocycles. The van der Waals surface area contributed by atoms with Gasteiger partial charge in [-0.15, -0.1) is 5.10 Å². The Morgan fingerprint density at radius 3 is 2.52 bits per heavy atom. The summed E-state index contributed by atoms with van der Waals surface area (Å²) in [6.07, 6.45) is 1.04. The van der Waals surface area contributed by atoms with Gasteiger partial charge in [0.2, 0.25) is 5.89 Å². The number of rotatable bonds is 7. The van der Waals surface area contributed by atoms with Gasteiger partial charge in [0.25, 0.3) is 5.56 Å². The first-order chi connectivity index (χ1) is 14.8. The Kier molecular flexibility index (Phi) is 5.31. The Morgan fingerprint density at radius 1 is 1.10 bits per heavy atom. The van der Waals surface area contributed by atoms with Crippen LogP contribution in [0.3, 0.4) is 0 Å². The summed E-state index contributed by atoms with van der Waals surface area (Å²) in [5.41, 5.74) is 0.283. The van der Waals surface area contributed by atoms with E-state index in [1.165, 1.54) is 46.1 Å².